The summed E-state index contributed by atoms with van der Waals surface area (Å²) < 4.78 is 15.5. The summed E-state index contributed by atoms with van der Waals surface area (Å²) in [4.78, 5) is 39.6. The molecule has 0 saturated heterocycles. The van der Waals surface area contributed by atoms with E-state index in [1.54, 1.807) is 30.3 Å². The van der Waals surface area contributed by atoms with Crippen molar-refractivity contribution in [2.45, 2.75) is 19.1 Å². The van der Waals surface area contributed by atoms with Gasteiger partial charge in [0, 0.05) is 0 Å². The fourth-order valence-corrected chi connectivity index (χ4v) is 2.05. The molecule has 1 aromatic carbocycles. The second kappa shape index (κ2) is 9.99. The van der Waals surface area contributed by atoms with Crippen molar-refractivity contribution < 1.29 is 63.3 Å². The molecule has 1 aromatic rings. The Morgan fingerprint density at radius 2 is 1.86 bits per heavy atom. The van der Waals surface area contributed by atoms with Gasteiger partial charge in [0.15, 0.2) is 0 Å². The zero-order valence-electron chi connectivity index (χ0n) is 12.0. The van der Waals surface area contributed by atoms with Gasteiger partial charge in [0.1, 0.15) is 6.61 Å². The predicted molar refractivity (Wildman–Crippen MR) is 70.1 cm³/mol. The Morgan fingerprint density at radius 3 is 2.36 bits per heavy atom. The maximum absolute atomic E-state index is 11.4. The number of rotatable bonds is 7. The maximum Gasteiger partial charge on any atom is 1.00 e. The summed E-state index contributed by atoms with van der Waals surface area (Å²) in [5, 5.41) is 12.8. The minimum atomic E-state index is -4.35. The van der Waals surface area contributed by atoms with Crippen LogP contribution in [0.5, 0.6) is 0 Å². The number of amides is 1. The first-order valence-corrected chi connectivity index (χ1v) is 7.80. The second-order valence-electron chi connectivity index (χ2n) is 4.25. The molecule has 1 rings (SSSR count). The molecule has 0 bridgehead atoms. The number of carboxylic acids is 1. The van der Waals surface area contributed by atoms with Crippen molar-refractivity contribution in [3.05, 3.63) is 35.9 Å². The number of carbonyl (C=O) groups excluding carboxylic acids is 2. The quantitative estimate of drug-likeness (QED) is 0.348. The van der Waals surface area contributed by atoms with Crippen LogP contribution in [0.15, 0.2) is 30.3 Å². The van der Waals surface area contributed by atoms with Crippen molar-refractivity contribution in [2.24, 2.45) is 0 Å². The van der Waals surface area contributed by atoms with Gasteiger partial charge in [0.2, 0.25) is 0 Å². The van der Waals surface area contributed by atoms with Crippen LogP contribution in [-0.4, -0.2) is 34.1 Å². The van der Waals surface area contributed by atoms with Crippen molar-refractivity contribution in [2.75, 3.05) is 6.16 Å². The number of ether oxygens (including phenoxy) is 1. The fraction of sp³-hybridized carbons (Fsp3) is 0.333. The average molecular weight is 339 g/mol. The zero-order valence-corrected chi connectivity index (χ0v) is 14.9. The van der Waals surface area contributed by atoms with Gasteiger partial charge in [-0.05, 0) is 12.0 Å². The van der Waals surface area contributed by atoms with Gasteiger partial charge in [-0.3, -0.25) is 4.57 Å². The molecule has 0 aliphatic heterocycles. The van der Waals surface area contributed by atoms with E-state index in [-0.39, 0.29) is 36.2 Å². The molecule has 0 aliphatic carbocycles. The van der Waals surface area contributed by atoms with Crippen molar-refractivity contribution in [3.8, 4) is 0 Å². The van der Waals surface area contributed by atoms with Gasteiger partial charge in [-0.1, -0.05) is 30.3 Å². The Kier molecular flexibility index (Phi) is 9.59. The standard InChI is InChI=1S/C12H16NO7P.Na/c14-11(15)10(6-7-21(17,18)19)13-12(16)20-8-9-4-2-1-3-5-9;/h1-5,10H,6-8H2,(H,13,16)(H,14,15)(H2,17,18,19);/q;+1/p-1. The summed E-state index contributed by atoms with van der Waals surface area (Å²) >= 11 is 0. The molecule has 0 saturated carbocycles. The maximum atomic E-state index is 11.4. The van der Waals surface area contributed by atoms with E-state index in [4.69, 9.17) is 14.5 Å². The summed E-state index contributed by atoms with van der Waals surface area (Å²) in [5.41, 5.74) is 0.716. The number of aliphatic carboxylic acids is 1. The molecule has 1 amide bonds. The number of nitrogens with one attached hydrogen (secondary N) is 1. The van der Waals surface area contributed by atoms with E-state index in [1.807, 2.05) is 5.32 Å². The molecular weight excluding hydrogens is 324 g/mol. The minimum Gasteiger partial charge on any atom is -0.548 e. The number of hydrogen-bond donors (Lipinski definition) is 3. The Labute approximate surface area is 149 Å². The third-order valence-corrected chi connectivity index (χ3v) is 3.34. The summed E-state index contributed by atoms with van der Waals surface area (Å²) in [5.74, 6) is -1.64. The van der Waals surface area contributed by atoms with Gasteiger partial charge in [0.25, 0.3) is 0 Å². The van der Waals surface area contributed by atoms with Crippen LogP contribution in [-0.2, 0) is 20.7 Å². The first kappa shape index (κ1) is 21.1. The summed E-state index contributed by atoms with van der Waals surface area (Å²) in [6, 6.07) is 7.20. The van der Waals surface area contributed by atoms with Crippen LogP contribution in [0.3, 0.4) is 0 Å². The molecule has 0 spiro atoms. The van der Waals surface area contributed by atoms with Crippen LogP contribution >= 0.6 is 7.60 Å². The number of benzene rings is 1. The van der Waals surface area contributed by atoms with Crippen molar-refractivity contribution in [1.29, 1.82) is 0 Å². The Morgan fingerprint density at radius 1 is 1.27 bits per heavy atom. The van der Waals surface area contributed by atoms with Gasteiger partial charge in [-0.15, -0.1) is 0 Å². The topological polar surface area (TPSA) is 136 Å². The molecule has 116 valence electrons. The van der Waals surface area contributed by atoms with E-state index >= 15 is 0 Å². The van der Waals surface area contributed by atoms with Crippen molar-refractivity contribution in [3.63, 3.8) is 0 Å². The fourth-order valence-electron chi connectivity index (χ4n) is 1.45. The molecule has 3 N–H and O–H groups in total. The number of carboxylic acid groups (broad SMARTS) is 1. The van der Waals surface area contributed by atoms with Crippen LogP contribution in [0.1, 0.15) is 12.0 Å². The zero-order chi connectivity index (χ0) is 15.9. The minimum absolute atomic E-state index is 0. The molecule has 1 unspecified atom stereocenters. The molecule has 0 fully saturated rings. The molecule has 8 nitrogen and oxygen atoms in total. The van der Waals surface area contributed by atoms with Gasteiger partial charge in [-0.25, -0.2) is 4.79 Å². The SMILES string of the molecule is O=C(NC(CCP(=O)(O)O)C(=O)[O-])OCc1ccccc1.[Na+]. The Balaban J connectivity index is 0.00000441. The number of carbonyl (C=O) groups is 2. The van der Waals surface area contributed by atoms with E-state index < -0.39 is 38.3 Å². The summed E-state index contributed by atoms with van der Waals surface area (Å²) in [6.45, 7) is -0.0507. The third kappa shape index (κ3) is 9.19. The van der Waals surface area contributed by atoms with Crippen LogP contribution in [0.4, 0.5) is 4.79 Å². The largest absolute Gasteiger partial charge is 1.00 e. The van der Waals surface area contributed by atoms with Crippen molar-refractivity contribution in [1.82, 2.24) is 5.32 Å². The molecular formula is C12H15NNaO7P. The molecule has 0 heterocycles. The first-order chi connectivity index (χ1) is 9.78. The second-order valence-corrected chi connectivity index (χ2v) is 6.03. The third-order valence-electron chi connectivity index (χ3n) is 2.50. The van der Waals surface area contributed by atoms with Gasteiger partial charge >= 0.3 is 43.2 Å². The van der Waals surface area contributed by atoms with E-state index in [1.165, 1.54) is 0 Å². The van der Waals surface area contributed by atoms with E-state index in [9.17, 15) is 19.3 Å². The van der Waals surface area contributed by atoms with E-state index in [0.717, 1.165) is 0 Å². The molecule has 0 aromatic heterocycles. The molecule has 1 atom stereocenters. The number of alkyl carbamates (subject to hydrolysis) is 1. The molecule has 10 heteroatoms. The van der Waals surface area contributed by atoms with Crippen LogP contribution in [0.2, 0.25) is 0 Å². The van der Waals surface area contributed by atoms with Gasteiger partial charge < -0.3 is 29.7 Å². The monoisotopic (exact) mass is 339 g/mol. The number of hydrogen-bond acceptors (Lipinski definition) is 5. The van der Waals surface area contributed by atoms with Gasteiger partial charge in [0.05, 0.1) is 18.2 Å². The Hall–Kier alpha value is -0.890. The van der Waals surface area contributed by atoms with Crippen LogP contribution in [0.25, 0.3) is 0 Å². The smallest absolute Gasteiger partial charge is 0.548 e. The van der Waals surface area contributed by atoms with E-state index in [0.29, 0.717) is 5.56 Å². The molecule has 0 aliphatic rings. The predicted octanol–water partition coefficient (Wildman–Crippen LogP) is -3.40. The molecule has 22 heavy (non-hydrogen) atoms. The van der Waals surface area contributed by atoms with Gasteiger partial charge in [-0.2, -0.15) is 0 Å². The first-order valence-electron chi connectivity index (χ1n) is 6.00. The Bertz CT molecular complexity index is 534. The average Bonchev–Trinajstić information content (AvgIpc) is 2.41. The molecule has 0 radical (unpaired) electrons. The summed E-state index contributed by atoms with van der Waals surface area (Å²) in [7, 11) is -4.35. The van der Waals surface area contributed by atoms with Crippen LogP contribution in [0, 0.1) is 0 Å². The normalized spacial score (nSPS) is 11.9. The van der Waals surface area contributed by atoms with Crippen LogP contribution < -0.4 is 40.0 Å². The van der Waals surface area contributed by atoms with Crippen molar-refractivity contribution >= 4 is 19.7 Å². The summed E-state index contributed by atoms with van der Waals surface area (Å²) in [6.07, 6.45) is -2.13. The van der Waals surface area contributed by atoms with E-state index in [2.05, 4.69) is 0 Å².